The van der Waals surface area contributed by atoms with Gasteiger partial charge in [-0.1, -0.05) is 0 Å². The van der Waals surface area contributed by atoms with Crippen molar-refractivity contribution < 1.29 is 27.5 Å². The maximum atomic E-state index is 12.9. The highest BCUT2D eigenvalue weighted by molar-refractivity contribution is 7.89. The van der Waals surface area contributed by atoms with E-state index in [4.69, 9.17) is 5.73 Å². The first kappa shape index (κ1) is 21.4. The molecule has 0 radical (unpaired) electrons. The standard InChI is InChI=1S/C15H20N2O6S.ClH/c1-22-14(18)10-5-6-12(15(19)23-2)13(8-10)24(20,21)17-7-3-4-11(16)9-17;/h5-6,8,11H,3-4,7,9,16H2,1-2H3;1H. The minimum Gasteiger partial charge on any atom is -0.465 e. The molecule has 1 unspecified atom stereocenters. The molecule has 0 spiro atoms. The largest absolute Gasteiger partial charge is 0.465 e. The monoisotopic (exact) mass is 392 g/mol. The molecule has 1 saturated heterocycles. The number of ether oxygens (including phenoxy) is 2. The van der Waals surface area contributed by atoms with Gasteiger partial charge in [0.15, 0.2) is 0 Å². The van der Waals surface area contributed by atoms with Gasteiger partial charge in [-0.3, -0.25) is 0 Å². The molecule has 2 N–H and O–H groups in total. The average molecular weight is 393 g/mol. The SMILES string of the molecule is COC(=O)c1ccc(C(=O)OC)c(S(=O)(=O)N2CCCC(N)C2)c1.Cl. The number of benzene rings is 1. The number of carbonyl (C=O) groups is 2. The van der Waals surface area contributed by atoms with E-state index in [1.807, 2.05) is 0 Å². The number of rotatable bonds is 4. The molecule has 1 heterocycles. The van der Waals surface area contributed by atoms with Crippen LogP contribution in [0.3, 0.4) is 0 Å². The molecule has 25 heavy (non-hydrogen) atoms. The van der Waals surface area contributed by atoms with Crippen molar-refractivity contribution in [1.82, 2.24) is 4.31 Å². The number of carbonyl (C=O) groups excluding carboxylic acids is 2. The van der Waals surface area contributed by atoms with Crippen molar-refractivity contribution in [3.63, 3.8) is 0 Å². The van der Waals surface area contributed by atoms with Gasteiger partial charge in [0.05, 0.1) is 30.2 Å². The first-order valence-corrected chi connectivity index (χ1v) is 8.81. The molecular weight excluding hydrogens is 372 g/mol. The Morgan fingerprint density at radius 1 is 1.20 bits per heavy atom. The third-order valence-electron chi connectivity index (χ3n) is 3.85. The summed E-state index contributed by atoms with van der Waals surface area (Å²) >= 11 is 0. The third-order valence-corrected chi connectivity index (χ3v) is 5.75. The van der Waals surface area contributed by atoms with Crippen LogP contribution in [0, 0.1) is 0 Å². The van der Waals surface area contributed by atoms with Crippen LogP contribution in [0.25, 0.3) is 0 Å². The molecule has 0 aromatic heterocycles. The van der Waals surface area contributed by atoms with Crippen molar-refractivity contribution in [2.24, 2.45) is 5.73 Å². The second kappa shape index (κ2) is 8.61. The van der Waals surface area contributed by atoms with Gasteiger partial charge in [0, 0.05) is 19.1 Å². The summed E-state index contributed by atoms with van der Waals surface area (Å²) in [5.74, 6) is -1.50. The molecule has 1 atom stereocenters. The van der Waals surface area contributed by atoms with Crippen molar-refractivity contribution in [3.8, 4) is 0 Å². The van der Waals surface area contributed by atoms with Crippen LogP contribution in [0.1, 0.15) is 33.6 Å². The fourth-order valence-corrected chi connectivity index (χ4v) is 4.33. The summed E-state index contributed by atoms with van der Waals surface area (Å²) in [7, 11) is -1.65. The third kappa shape index (κ3) is 4.49. The smallest absolute Gasteiger partial charge is 0.339 e. The predicted octanol–water partition coefficient (Wildman–Crippen LogP) is 0.793. The number of esters is 2. The van der Waals surface area contributed by atoms with E-state index < -0.39 is 22.0 Å². The molecule has 1 fully saturated rings. The summed E-state index contributed by atoms with van der Waals surface area (Å²) in [5, 5.41) is 0. The normalized spacial score (nSPS) is 18.1. The Kier molecular flexibility index (Phi) is 7.36. The molecule has 140 valence electrons. The lowest BCUT2D eigenvalue weighted by Crippen LogP contribution is -2.45. The summed E-state index contributed by atoms with van der Waals surface area (Å²) in [4.78, 5) is 23.4. The number of hydrogen-bond acceptors (Lipinski definition) is 7. The maximum Gasteiger partial charge on any atom is 0.339 e. The second-order valence-electron chi connectivity index (χ2n) is 5.46. The average Bonchev–Trinajstić information content (AvgIpc) is 2.59. The fourth-order valence-electron chi connectivity index (χ4n) is 2.59. The fraction of sp³-hybridized carbons (Fsp3) is 0.467. The zero-order chi connectivity index (χ0) is 17.9. The zero-order valence-corrected chi connectivity index (χ0v) is 15.6. The lowest BCUT2D eigenvalue weighted by Gasteiger charge is -2.30. The molecule has 1 aromatic carbocycles. The van der Waals surface area contributed by atoms with E-state index in [0.29, 0.717) is 13.0 Å². The molecule has 0 aliphatic carbocycles. The number of hydrogen-bond donors (Lipinski definition) is 1. The van der Waals surface area contributed by atoms with Crippen molar-refractivity contribution in [1.29, 1.82) is 0 Å². The molecular formula is C15H21ClN2O6S. The van der Waals surface area contributed by atoms with Crippen LogP contribution in [0.4, 0.5) is 0 Å². The maximum absolute atomic E-state index is 12.9. The zero-order valence-electron chi connectivity index (χ0n) is 13.9. The Balaban J connectivity index is 0.00000312. The molecule has 2 rings (SSSR count). The summed E-state index contributed by atoms with van der Waals surface area (Å²) in [6.07, 6.45) is 1.36. The van der Waals surface area contributed by atoms with Crippen LogP contribution in [0.5, 0.6) is 0 Å². The van der Waals surface area contributed by atoms with Gasteiger partial charge in [-0.05, 0) is 31.0 Å². The molecule has 0 bridgehead atoms. The van der Waals surface area contributed by atoms with Gasteiger partial charge in [0.1, 0.15) is 0 Å². The summed E-state index contributed by atoms with van der Waals surface area (Å²) in [5.41, 5.74) is 5.75. The quantitative estimate of drug-likeness (QED) is 0.753. The van der Waals surface area contributed by atoms with Crippen LogP contribution in [-0.2, 0) is 19.5 Å². The van der Waals surface area contributed by atoms with E-state index in [2.05, 4.69) is 9.47 Å². The molecule has 10 heteroatoms. The van der Waals surface area contributed by atoms with Crippen LogP contribution in [0.2, 0.25) is 0 Å². The first-order chi connectivity index (χ1) is 11.3. The van der Waals surface area contributed by atoms with E-state index in [0.717, 1.165) is 19.6 Å². The molecule has 0 amide bonds. The van der Waals surface area contributed by atoms with E-state index in [-0.39, 0.29) is 41.0 Å². The van der Waals surface area contributed by atoms with E-state index in [9.17, 15) is 18.0 Å². The van der Waals surface area contributed by atoms with Crippen LogP contribution in [-0.4, -0.2) is 58.0 Å². The van der Waals surface area contributed by atoms with E-state index in [1.54, 1.807) is 0 Å². The van der Waals surface area contributed by atoms with Crippen molar-refractivity contribution in [2.75, 3.05) is 27.3 Å². The van der Waals surface area contributed by atoms with Crippen LogP contribution in [0.15, 0.2) is 23.1 Å². The van der Waals surface area contributed by atoms with E-state index >= 15 is 0 Å². The molecule has 0 saturated carbocycles. The summed E-state index contributed by atoms with van der Waals surface area (Å²) < 4.78 is 36.4. The highest BCUT2D eigenvalue weighted by Gasteiger charge is 2.33. The van der Waals surface area contributed by atoms with Crippen molar-refractivity contribution in [2.45, 2.75) is 23.8 Å². The van der Waals surface area contributed by atoms with Crippen molar-refractivity contribution >= 4 is 34.4 Å². The highest BCUT2D eigenvalue weighted by atomic mass is 35.5. The van der Waals surface area contributed by atoms with E-state index in [1.165, 1.54) is 23.5 Å². The van der Waals surface area contributed by atoms with Gasteiger partial charge in [0.2, 0.25) is 10.0 Å². The predicted molar refractivity (Wildman–Crippen MR) is 92.3 cm³/mol. The van der Waals surface area contributed by atoms with Crippen LogP contribution >= 0.6 is 12.4 Å². The summed E-state index contributed by atoms with van der Waals surface area (Å²) in [6.45, 7) is 0.463. The first-order valence-electron chi connectivity index (χ1n) is 7.37. The topological polar surface area (TPSA) is 116 Å². The van der Waals surface area contributed by atoms with Gasteiger partial charge in [0.25, 0.3) is 0 Å². The number of halogens is 1. The number of nitrogens with zero attached hydrogens (tertiary/aromatic N) is 1. The van der Waals surface area contributed by atoms with Gasteiger partial charge in [-0.2, -0.15) is 4.31 Å². The molecule has 1 aliphatic rings. The Labute approximate surface area is 152 Å². The Morgan fingerprint density at radius 2 is 1.84 bits per heavy atom. The number of methoxy groups -OCH3 is 2. The highest BCUT2D eigenvalue weighted by Crippen LogP contribution is 2.25. The summed E-state index contributed by atoms with van der Waals surface area (Å²) in [6, 6.07) is 3.43. The van der Waals surface area contributed by atoms with Gasteiger partial charge in [-0.25, -0.2) is 18.0 Å². The Hall–Kier alpha value is -1.68. The molecule has 1 aromatic rings. The van der Waals surface area contributed by atoms with Gasteiger partial charge < -0.3 is 15.2 Å². The number of nitrogens with two attached hydrogens (primary N) is 1. The van der Waals surface area contributed by atoms with Crippen LogP contribution < -0.4 is 5.73 Å². The van der Waals surface area contributed by atoms with Gasteiger partial charge in [-0.15, -0.1) is 12.4 Å². The lowest BCUT2D eigenvalue weighted by molar-refractivity contribution is 0.0583. The minimum absolute atomic E-state index is 0. The van der Waals surface area contributed by atoms with Gasteiger partial charge >= 0.3 is 11.9 Å². The second-order valence-corrected chi connectivity index (χ2v) is 7.37. The minimum atomic E-state index is -4.00. The Morgan fingerprint density at radius 3 is 2.40 bits per heavy atom. The van der Waals surface area contributed by atoms with Crippen molar-refractivity contribution in [3.05, 3.63) is 29.3 Å². The molecule has 1 aliphatic heterocycles. The molecule has 8 nitrogen and oxygen atoms in total. The lowest BCUT2D eigenvalue weighted by atomic mass is 10.1. The Bertz CT molecular complexity index is 752. The number of piperidine rings is 1. The number of sulfonamides is 1.